The van der Waals surface area contributed by atoms with Crippen molar-refractivity contribution in [2.24, 2.45) is 17.8 Å². The van der Waals surface area contributed by atoms with Crippen LogP contribution in [-0.2, 0) is 22.6 Å². The molecule has 1 fully saturated rings. The highest BCUT2D eigenvalue weighted by molar-refractivity contribution is 5.98. The molecule has 5 heteroatoms. The number of Topliss-reactive ketones (excluding diaryl/α,β-unsaturated/α-hetero) is 1. The van der Waals surface area contributed by atoms with Crippen LogP contribution in [0.5, 0.6) is 0 Å². The second-order valence-corrected chi connectivity index (χ2v) is 9.98. The molecule has 0 saturated heterocycles. The number of rotatable bonds is 5. The number of nitrogens with zero attached hydrogens (tertiary/aromatic N) is 1. The van der Waals surface area contributed by atoms with Gasteiger partial charge in [-0.25, -0.2) is 0 Å². The van der Waals surface area contributed by atoms with Gasteiger partial charge in [-0.2, -0.15) is 0 Å². The van der Waals surface area contributed by atoms with Gasteiger partial charge in [-0.1, -0.05) is 49.2 Å². The Hall–Kier alpha value is -2.95. The fourth-order valence-electron chi connectivity index (χ4n) is 6.44. The number of carbonyl (C=O) groups excluding carboxylic acids is 2. The van der Waals surface area contributed by atoms with Crippen LogP contribution in [0.3, 0.4) is 0 Å². The molecule has 0 radical (unpaired) electrons. The predicted molar refractivity (Wildman–Crippen MR) is 125 cm³/mol. The summed E-state index contributed by atoms with van der Waals surface area (Å²) in [5.74, 6) is -2.07. The standard InChI is InChI=1S/C28H31NO4/c1-17-7-6-12-21-19(17)13-14-23(26(30)22-10-4-5-11-24(22)28(32)33)25(21)16-29-15-18-8-2-3-9-20(18)27(29)31/h2-3,6-9,12,22-25H,4-5,10-11,13-16H2,1H3,(H,32,33)/t22-,23?,24+,25-/m1/s1. The van der Waals surface area contributed by atoms with Gasteiger partial charge in [-0.3, -0.25) is 14.4 Å². The van der Waals surface area contributed by atoms with Crippen LogP contribution in [0.15, 0.2) is 42.5 Å². The summed E-state index contributed by atoms with van der Waals surface area (Å²) in [7, 11) is 0. The number of carboxylic acids is 1. The number of ketones is 1. The summed E-state index contributed by atoms with van der Waals surface area (Å²) in [6.07, 6.45) is 4.57. The Morgan fingerprint density at radius 2 is 1.73 bits per heavy atom. The van der Waals surface area contributed by atoms with Gasteiger partial charge in [0.15, 0.2) is 0 Å². The van der Waals surface area contributed by atoms with Crippen molar-refractivity contribution in [1.82, 2.24) is 4.90 Å². The van der Waals surface area contributed by atoms with Crippen molar-refractivity contribution in [3.05, 3.63) is 70.3 Å². The quantitative estimate of drug-likeness (QED) is 0.720. The summed E-state index contributed by atoms with van der Waals surface area (Å²) >= 11 is 0. The minimum absolute atomic E-state index is 0.0256. The molecule has 33 heavy (non-hydrogen) atoms. The van der Waals surface area contributed by atoms with Crippen molar-refractivity contribution in [1.29, 1.82) is 0 Å². The average molecular weight is 446 g/mol. The molecule has 1 unspecified atom stereocenters. The van der Waals surface area contributed by atoms with Gasteiger partial charge in [-0.15, -0.1) is 0 Å². The average Bonchev–Trinajstić information content (AvgIpc) is 3.14. The first kappa shape index (κ1) is 21.9. The van der Waals surface area contributed by atoms with E-state index in [2.05, 4.69) is 19.1 Å². The van der Waals surface area contributed by atoms with E-state index in [1.807, 2.05) is 35.2 Å². The van der Waals surface area contributed by atoms with E-state index in [0.29, 0.717) is 25.9 Å². The van der Waals surface area contributed by atoms with Crippen LogP contribution >= 0.6 is 0 Å². The van der Waals surface area contributed by atoms with Gasteiger partial charge in [-0.05, 0) is 60.9 Å². The van der Waals surface area contributed by atoms with Crippen LogP contribution in [0.1, 0.15) is 70.6 Å². The second kappa shape index (κ2) is 8.77. The number of amides is 1. The number of aryl methyl sites for hydroxylation is 1. The first-order valence-electron chi connectivity index (χ1n) is 12.2. The maximum atomic E-state index is 13.9. The van der Waals surface area contributed by atoms with E-state index in [9.17, 15) is 19.5 Å². The maximum Gasteiger partial charge on any atom is 0.307 e. The topological polar surface area (TPSA) is 74.7 Å². The van der Waals surface area contributed by atoms with Crippen LogP contribution in [0.2, 0.25) is 0 Å². The maximum absolute atomic E-state index is 13.9. The highest BCUT2D eigenvalue weighted by Crippen LogP contribution is 2.43. The number of carboxylic acid groups (broad SMARTS) is 1. The molecule has 0 aromatic heterocycles. The Morgan fingerprint density at radius 3 is 2.48 bits per heavy atom. The largest absolute Gasteiger partial charge is 0.481 e. The van der Waals surface area contributed by atoms with E-state index in [1.54, 1.807) is 0 Å². The summed E-state index contributed by atoms with van der Waals surface area (Å²) in [6.45, 7) is 3.16. The lowest BCUT2D eigenvalue weighted by molar-refractivity contribution is -0.149. The summed E-state index contributed by atoms with van der Waals surface area (Å²) in [5, 5.41) is 9.78. The highest BCUT2D eigenvalue weighted by Gasteiger charge is 2.44. The third-order valence-electron chi connectivity index (χ3n) is 8.16. The van der Waals surface area contributed by atoms with Crippen LogP contribution in [0.25, 0.3) is 0 Å². The van der Waals surface area contributed by atoms with Crippen LogP contribution in [0.4, 0.5) is 0 Å². The number of benzene rings is 2. The highest BCUT2D eigenvalue weighted by atomic mass is 16.4. The lowest BCUT2D eigenvalue weighted by Gasteiger charge is -2.39. The Kier molecular flexibility index (Phi) is 5.81. The van der Waals surface area contributed by atoms with Gasteiger partial charge >= 0.3 is 5.97 Å². The molecule has 3 aliphatic rings. The summed E-state index contributed by atoms with van der Waals surface area (Å²) in [4.78, 5) is 40.8. The van der Waals surface area contributed by atoms with Gasteiger partial charge in [0.25, 0.3) is 5.91 Å². The van der Waals surface area contributed by atoms with Crippen molar-refractivity contribution in [2.45, 2.75) is 57.9 Å². The summed E-state index contributed by atoms with van der Waals surface area (Å²) < 4.78 is 0. The molecule has 1 aliphatic heterocycles. The number of aliphatic carboxylic acids is 1. The molecule has 2 aliphatic carbocycles. The molecule has 1 heterocycles. The molecule has 1 N–H and O–H groups in total. The number of hydrogen-bond acceptors (Lipinski definition) is 3. The Morgan fingerprint density at radius 1 is 0.970 bits per heavy atom. The third kappa shape index (κ3) is 3.88. The summed E-state index contributed by atoms with van der Waals surface area (Å²) in [6, 6.07) is 14.0. The molecule has 0 bridgehead atoms. The predicted octanol–water partition coefficient (Wildman–Crippen LogP) is 4.76. The van der Waals surface area contributed by atoms with Crippen molar-refractivity contribution in [2.75, 3.05) is 6.54 Å². The minimum Gasteiger partial charge on any atom is -0.481 e. The second-order valence-electron chi connectivity index (χ2n) is 9.98. The number of carbonyl (C=O) groups is 3. The van der Waals surface area contributed by atoms with E-state index in [0.717, 1.165) is 42.4 Å². The molecular formula is C28H31NO4. The third-order valence-corrected chi connectivity index (χ3v) is 8.16. The molecule has 5 nitrogen and oxygen atoms in total. The molecule has 4 atom stereocenters. The molecule has 0 spiro atoms. The van der Waals surface area contributed by atoms with Gasteiger partial charge < -0.3 is 10.0 Å². The Balaban J connectivity index is 1.48. The normalized spacial score (nSPS) is 26.6. The smallest absolute Gasteiger partial charge is 0.307 e. The Bertz CT molecular complexity index is 1110. The first-order valence-corrected chi connectivity index (χ1v) is 12.2. The lowest BCUT2D eigenvalue weighted by atomic mass is 9.66. The van der Waals surface area contributed by atoms with Gasteiger partial charge in [0, 0.05) is 36.4 Å². The van der Waals surface area contributed by atoms with E-state index < -0.39 is 17.8 Å². The van der Waals surface area contributed by atoms with Crippen molar-refractivity contribution >= 4 is 17.7 Å². The molecular weight excluding hydrogens is 414 g/mol. The van der Waals surface area contributed by atoms with E-state index in [1.165, 1.54) is 11.1 Å². The minimum atomic E-state index is -0.846. The first-order chi connectivity index (χ1) is 16.0. The fraction of sp³-hybridized carbons (Fsp3) is 0.464. The zero-order chi connectivity index (χ0) is 23.1. The zero-order valence-electron chi connectivity index (χ0n) is 19.1. The van der Waals surface area contributed by atoms with Gasteiger partial charge in [0.2, 0.25) is 0 Å². The molecule has 2 aromatic rings. The van der Waals surface area contributed by atoms with E-state index in [-0.39, 0.29) is 23.5 Å². The van der Waals surface area contributed by atoms with Crippen molar-refractivity contribution in [3.63, 3.8) is 0 Å². The molecule has 1 amide bonds. The van der Waals surface area contributed by atoms with Crippen molar-refractivity contribution in [3.8, 4) is 0 Å². The van der Waals surface area contributed by atoms with Crippen LogP contribution in [0, 0.1) is 24.7 Å². The summed E-state index contributed by atoms with van der Waals surface area (Å²) in [5.41, 5.74) is 5.45. The Labute approximate surface area is 194 Å². The van der Waals surface area contributed by atoms with E-state index in [4.69, 9.17) is 0 Å². The van der Waals surface area contributed by atoms with E-state index >= 15 is 0 Å². The number of fused-ring (bicyclic) bond motifs is 2. The molecule has 1 saturated carbocycles. The molecule has 5 rings (SSSR count). The lowest BCUT2D eigenvalue weighted by Crippen LogP contribution is -2.42. The monoisotopic (exact) mass is 445 g/mol. The molecule has 172 valence electrons. The zero-order valence-corrected chi connectivity index (χ0v) is 19.1. The fourth-order valence-corrected chi connectivity index (χ4v) is 6.44. The van der Waals surface area contributed by atoms with Gasteiger partial charge in [0.1, 0.15) is 5.78 Å². The van der Waals surface area contributed by atoms with Crippen molar-refractivity contribution < 1.29 is 19.5 Å². The SMILES string of the molecule is Cc1cccc2c1CCC(C(=O)[C@@H]1CCCC[C@@H]1C(=O)O)[C@@H]2CN1Cc2ccccc2C1=O. The molecule has 2 aromatic carbocycles. The van der Waals surface area contributed by atoms with Gasteiger partial charge in [0.05, 0.1) is 5.92 Å². The number of hydrogen-bond donors (Lipinski definition) is 1. The van der Waals surface area contributed by atoms with Crippen LogP contribution < -0.4 is 0 Å². The van der Waals surface area contributed by atoms with Crippen LogP contribution in [-0.4, -0.2) is 34.2 Å².